The van der Waals surface area contributed by atoms with E-state index in [1.54, 1.807) is 47.5 Å². The molecule has 146 valence electrons. The van der Waals surface area contributed by atoms with Crippen molar-refractivity contribution in [2.24, 2.45) is 5.92 Å². The number of anilines is 1. The minimum absolute atomic E-state index is 0.171. The smallest absolute Gasteiger partial charge is 0.263 e. The molecule has 1 atom stereocenters. The van der Waals surface area contributed by atoms with Crippen LogP contribution in [0.3, 0.4) is 0 Å². The van der Waals surface area contributed by atoms with Crippen molar-refractivity contribution >= 4 is 17.2 Å². The molecule has 28 heavy (non-hydrogen) atoms. The molecular formula is C20H24N6O2. The summed E-state index contributed by atoms with van der Waals surface area (Å²) in [4.78, 5) is 30.3. The maximum Gasteiger partial charge on any atom is 0.263 e. The van der Waals surface area contributed by atoms with E-state index in [0.717, 1.165) is 25.9 Å². The van der Waals surface area contributed by atoms with Crippen LogP contribution in [0.15, 0.2) is 35.4 Å². The Kier molecular flexibility index (Phi) is 4.95. The Labute approximate surface area is 162 Å². The first-order valence-electron chi connectivity index (χ1n) is 9.57. The summed E-state index contributed by atoms with van der Waals surface area (Å²) in [5, 5.41) is 10.5. The van der Waals surface area contributed by atoms with Crippen molar-refractivity contribution in [1.82, 2.24) is 24.5 Å². The fourth-order valence-corrected chi connectivity index (χ4v) is 3.74. The summed E-state index contributed by atoms with van der Waals surface area (Å²) >= 11 is 0. The largest absolute Gasteiger partial charge is 0.319 e. The van der Waals surface area contributed by atoms with Gasteiger partial charge in [0.25, 0.3) is 11.5 Å². The Morgan fingerprint density at radius 2 is 2.18 bits per heavy atom. The van der Waals surface area contributed by atoms with Crippen molar-refractivity contribution in [3.05, 3.63) is 57.9 Å². The van der Waals surface area contributed by atoms with E-state index in [0.29, 0.717) is 35.2 Å². The number of aromatic nitrogens is 4. The molecule has 1 aliphatic heterocycles. The van der Waals surface area contributed by atoms with Crippen LogP contribution >= 0.6 is 0 Å². The second-order valence-electron chi connectivity index (χ2n) is 7.35. The normalized spacial score (nSPS) is 17.0. The third-order valence-corrected chi connectivity index (χ3v) is 5.17. The molecule has 1 amide bonds. The topological polar surface area (TPSA) is 93.3 Å². The van der Waals surface area contributed by atoms with Gasteiger partial charge in [0.05, 0.1) is 5.69 Å². The van der Waals surface area contributed by atoms with Crippen molar-refractivity contribution in [2.75, 3.05) is 18.4 Å². The monoisotopic (exact) mass is 380 g/mol. The Bertz CT molecular complexity index is 1080. The van der Waals surface area contributed by atoms with Crippen molar-refractivity contribution in [2.45, 2.75) is 33.2 Å². The Morgan fingerprint density at radius 1 is 1.32 bits per heavy atom. The SMILES string of the molecule is Cc1nc2c(NC(=O)c3c(C)ccn(CC4CCCNC4)c3=O)cccn2n1. The fourth-order valence-electron chi connectivity index (χ4n) is 3.74. The number of aryl methyl sites for hydroxylation is 2. The maximum atomic E-state index is 13.0. The zero-order chi connectivity index (χ0) is 19.7. The van der Waals surface area contributed by atoms with E-state index in [-0.39, 0.29) is 11.1 Å². The van der Waals surface area contributed by atoms with Gasteiger partial charge in [-0.3, -0.25) is 9.59 Å². The van der Waals surface area contributed by atoms with E-state index in [9.17, 15) is 9.59 Å². The van der Waals surface area contributed by atoms with Gasteiger partial charge in [-0.2, -0.15) is 5.10 Å². The van der Waals surface area contributed by atoms with Gasteiger partial charge in [-0.25, -0.2) is 9.50 Å². The summed E-state index contributed by atoms with van der Waals surface area (Å²) in [6, 6.07) is 5.36. The Morgan fingerprint density at radius 3 is 2.96 bits per heavy atom. The molecule has 3 aromatic heterocycles. The number of carbonyl (C=O) groups excluding carboxylic acids is 1. The summed E-state index contributed by atoms with van der Waals surface area (Å²) in [5.74, 6) is 0.589. The molecule has 4 heterocycles. The number of hydrogen-bond acceptors (Lipinski definition) is 5. The van der Waals surface area contributed by atoms with E-state index in [2.05, 4.69) is 20.7 Å². The zero-order valence-electron chi connectivity index (χ0n) is 16.1. The van der Waals surface area contributed by atoms with E-state index in [4.69, 9.17) is 0 Å². The number of fused-ring (bicyclic) bond motifs is 1. The zero-order valence-corrected chi connectivity index (χ0v) is 16.1. The average Bonchev–Trinajstić information content (AvgIpc) is 3.06. The standard InChI is InChI=1S/C20H24N6O2/c1-13-7-10-25(12-15-5-3-8-21-11-15)20(28)17(13)19(27)23-16-6-4-9-26-18(16)22-14(2)24-26/h4,6-7,9-10,15,21H,3,5,8,11-12H2,1-2H3,(H,23,27). The van der Waals surface area contributed by atoms with Gasteiger partial charge >= 0.3 is 0 Å². The molecular weight excluding hydrogens is 356 g/mol. The van der Waals surface area contributed by atoms with Crippen LogP contribution in [0.4, 0.5) is 5.69 Å². The highest BCUT2D eigenvalue weighted by atomic mass is 16.2. The highest BCUT2D eigenvalue weighted by molar-refractivity contribution is 6.06. The molecule has 1 aliphatic rings. The van der Waals surface area contributed by atoms with Crippen LogP contribution < -0.4 is 16.2 Å². The van der Waals surface area contributed by atoms with Gasteiger partial charge in [0.1, 0.15) is 11.4 Å². The summed E-state index contributed by atoms with van der Waals surface area (Å²) in [7, 11) is 0. The summed E-state index contributed by atoms with van der Waals surface area (Å²) in [5.41, 5.74) is 1.65. The molecule has 0 bridgehead atoms. The molecule has 2 N–H and O–H groups in total. The molecule has 4 rings (SSSR count). The third kappa shape index (κ3) is 3.55. The van der Waals surface area contributed by atoms with Gasteiger partial charge < -0.3 is 15.2 Å². The number of nitrogens with one attached hydrogen (secondary N) is 2. The van der Waals surface area contributed by atoms with Gasteiger partial charge in [0, 0.05) is 18.9 Å². The van der Waals surface area contributed by atoms with Gasteiger partial charge in [-0.15, -0.1) is 0 Å². The predicted octanol–water partition coefficient (Wildman–Crippen LogP) is 1.76. The van der Waals surface area contributed by atoms with Crippen molar-refractivity contribution in [1.29, 1.82) is 0 Å². The first-order valence-corrected chi connectivity index (χ1v) is 9.57. The van der Waals surface area contributed by atoms with Crippen LogP contribution in [0, 0.1) is 19.8 Å². The van der Waals surface area contributed by atoms with Gasteiger partial charge in [-0.1, -0.05) is 0 Å². The molecule has 1 saturated heterocycles. The number of nitrogens with zero attached hydrogens (tertiary/aromatic N) is 4. The van der Waals surface area contributed by atoms with Crippen LogP contribution in [0.25, 0.3) is 5.65 Å². The van der Waals surface area contributed by atoms with Crippen LogP contribution in [-0.4, -0.2) is 38.2 Å². The van der Waals surface area contributed by atoms with Crippen molar-refractivity contribution in [3.8, 4) is 0 Å². The van der Waals surface area contributed by atoms with Gasteiger partial charge in [0.15, 0.2) is 5.65 Å². The van der Waals surface area contributed by atoms with Crippen LogP contribution in [0.1, 0.15) is 34.6 Å². The van der Waals surface area contributed by atoms with E-state index < -0.39 is 5.91 Å². The number of amides is 1. The molecule has 0 aromatic carbocycles. The predicted molar refractivity (Wildman–Crippen MR) is 107 cm³/mol. The van der Waals surface area contributed by atoms with Crippen LogP contribution in [0.5, 0.6) is 0 Å². The van der Waals surface area contributed by atoms with Crippen LogP contribution in [-0.2, 0) is 6.54 Å². The number of piperidine rings is 1. The Balaban J connectivity index is 1.63. The number of rotatable bonds is 4. The molecule has 3 aromatic rings. The Hall–Kier alpha value is -3.00. The minimum Gasteiger partial charge on any atom is -0.319 e. The number of hydrogen-bond donors (Lipinski definition) is 2. The first-order chi connectivity index (χ1) is 13.5. The van der Waals surface area contributed by atoms with Crippen molar-refractivity contribution < 1.29 is 4.79 Å². The lowest BCUT2D eigenvalue weighted by atomic mass is 9.99. The first kappa shape index (κ1) is 18.4. The number of pyridine rings is 2. The van der Waals surface area contributed by atoms with E-state index in [1.807, 2.05) is 6.07 Å². The molecule has 0 aliphatic carbocycles. The molecule has 0 radical (unpaired) electrons. The van der Waals surface area contributed by atoms with Crippen molar-refractivity contribution in [3.63, 3.8) is 0 Å². The minimum atomic E-state index is -0.424. The molecule has 8 heteroatoms. The second kappa shape index (κ2) is 7.55. The fraction of sp³-hybridized carbons (Fsp3) is 0.400. The second-order valence-corrected chi connectivity index (χ2v) is 7.35. The molecule has 1 fully saturated rings. The average molecular weight is 380 g/mol. The lowest BCUT2D eigenvalue weighted by molar-refractivity contribution is 0.102. The van der Waals surface area contributed by atoms with Gasteiger partial charge in [0.2, 0.25) is 0 Å². The van der Waals surface area contributed by atoms with E-state index in [1.165, 1.54) is 0 Å². The number of carbonyl (C=O) groups is 1. The lowest BCUT2D eigenvalue weighted by Crippen LogP contribution is -2.36. The summed E-state index contributed by atoms with van der Waals surface area (Å²) < 4.78 is 3.26. The molecule has 0 saturated carbocycles. The van der Waals surface area contributed by atoms with E-state index >= 15 is 0 Å². The summed E-state index contributed by atoms with van der Waals surface area (Å²) in [6.45, 7) is 6.12. The molecule has 1 unspecified atom stereocenters. The highest BCUT2D eigenvalue weighted by Crippen LogP contribution is 2.17. The maximum absolute atomic E-state index is 13.0. The van der Waals surface area contributed by atoms with Gasteiger partial charge in [-0.05, 0) is 69.5 Å². The van der Waals surface area contributed by atoms with Crippen LogP contribution in [0.2, 0.25) is 0 Å². The summed E-state index contributed by atoms with van der Waals surface area (Å²) in [6.07, 6.45) is 5.75. The third-order valence-electron chi connectivity index (χ3n) is 5.17. The lowest BCUT2D eigenvalue weighted by Gasteiger charge is -2.23. The molecule has 0 spiro atoms. The quantitative estimate of drug-likeness (QED) is 0.719. The molecule has 8 nitrogen and oxygen atoms in total. The highest BCUT2D eigenvalue weighted by Gasteiger charge is 2.20.